The van der Waals surface area contributed by atoms with Gasteiger partial charge in [-0.3, -0.25) is 4.79 Å². The summed E-state index contributed by atoms with van der Waals surface area (Å²) in [6, 6.07) is 8.49. The van der Waals surface area contributed by atoms with Crippen molar-refractivity contribution in [1.29, 1.82) is 0 Å². The molecule has 5 heteroatoms. The Morgan fingerprint density at radius 2 is 2.26 bits per heavy atom. The van der Waals surface area contributed by atoms with Crippen LogP contribution in [0.5, 0.6) is 0 Å². The summed E-state index contributed by atoms with van der Waals surface area (Å²) >= 11 is 1.72. The highest BCUT2D eigenvalue weighted by Crippen LogP contribution is 2.33. The van der Waals surface area contributed by atoms with Gasteiger partial charge in [-0.25, -0.2) is 4.98 Å². The third kappa shape index (κ3) is 2.30. The van der Waals surface area contributed by atoms with Gasteiger partial charge in [0.2, 0.25) is 5.91 Å². The number of aromatic nitrogens is 1. The van der Waals surface area contributed by atoms with Crippen LogP contribution in [0.4, 0.5) is 5.13 Å². The first-order valence-corrected chi connectivity index (χ1v) is 7.38. The van der Waals surface area contributed by atoms with Gasteiger partial charge < -0.3 is 10.6 Å². The Morgan fingerprint density at radius 3 is 2.95 bits per heavy atom. The molecule has 1 aliphatic heterocycles. The Balaban J connectivity index is 1.84. The van der Waals surface area contributed by atoms with Gasteiger partial charge in [-0.2, -0.15) is 0 Å². The number of piperidine rings is 1. The van der Waals surface area contributed by atoms with Gasteiger partial charge in [0.1, 0.15) is 0 Å². The normalized spacial score (nSPS) is 23.7. The first-order valence-electron chi connectivity index (χ1n) is 6.56. The Kier molecular flexibility index (Phi) is 3.14. The first kappa shape index (κ1) is 12.4. The summed E-state index contributed by atoms with van der Waals surface area (Å²) in [5.41, 5.74) is 6.45. The van der Waals surface area contributed by atoms with E-state index in [0.29, 0.717) is 6.04 Å². The fraction of sp³-hybridized carbons (Fsp3) is 0.429. The van der Waals surface area contributed by atoms with Gasteiger partial charge in [0, 0.05) is 18.5 Å². The third-order valence-corrected chi connectivity index (χ3v) is 4.88. The fourth-order valence-corrected chi connectivity index (χ4v) is 3.79. The smallest absolute Gasteiger partial charge is 0.220 e. The largest absolute Gasteiger partial charge is 0.369 e. The Morgan fingerprint density at radius 1 is 1.47 bits per heavy atom. The van der Waals surface area contributed by atoms with E-state index in [4.69, 9.17) is 5.73 Å². The molecule has 0 spiro atoms. The second-order valence-corrected chi connectivity index (χ2v) is 6.14. The van der Waals surface area contributed by atoms with Gasteiger partial charge in [-0.1, -0.05) is 23.5 Å². The molecule has 0 saturated carbocycles. The van der Waals surface area contributed by atoms with Crippen LogP contribution in [-0.2, 0) is 4.79 Å². The van der Waals surface area contributed by atoms with Gasteiger partial charge >= 0.3 is 0 Å². The van der Waals surface area contributed by atoms with Crippen molar-refractivity contribution < 1.29 is 4.79 Å². The van der Waals surface area contributed by atoms with E-state index >= 15 is 0 Å². The monoisotopic (exact) mass is 275 g/mol. The molecule has 0 bridgehead atoms. The molecule has 2 aromatic rings. The number of fused-ring (bicyclic) bond motifs is 1. The van der Waals surface area contributed by atoms with Crippen molar-refractivity contribution in [2.24, 2.45) is 11.7 Å². The molecule has 2 atom stereocenters. The maximum atomic E-state index is 11.3. The molecule has 0 aliphatic carbocycles. The molecular weight excluding hydrogens is 258 g/mol. The molecule has 2 unspecified atom stereocenters. The highest BCUT2D eigenvalue weighted by atomic mass is 32.1. The van der Waals surface area contributed by atoms with Crippen LogP contribution < -0.4 is 10.6 Å². The Bertz CT molecular complexity index is 577. The molecule has 2 N–H and O–H groups in total. The van der Waals surface area contributed by atoms with Gasteiger partial charge in [0.25, 0.3) is 0 Å². The van der Waals surface area contributed by atoms with Gasteiger partial charge in [0.05, 0.1) is 10.2 Å². The van der Waals surface area contributed by atoms with Crippen LogP contribution in [-0.4, -0.2) is 23.5 Å². The molecule has 1 aromatic heterocycles. The van der Waals surface area contributed by atoms with E-state index in [1.54, 1.807) is 11.3 Å². The van der Waals surface area contributed by atoms with Crippen molar-refractivity contribution in [3.63, 3.8) is 0 Å². The highest BCUT2D eigenvalue weighted by Gasteiger charge is 2.30. The lowest BCUT2D eigenvalue weighted by Crippen LogP contribution is -2.44. The zero-order valence-electron chi connectivity index (χ0n) is 10.9. The lowest BCUT2D eigenvalue weighted by Gasteiger charge is -2.36. The molecule has 1 amide bonds. The summed E-state index contributed by atoms with van der Waals surface area (Å²) in [6.45, 7) is 3.00. The lowest BCUT2D eigenvalue weighted by molar-refractivity contribution is -0.122. The number of carbonyl (C=O) groups is 1. The van der Waals surface area contributed by atoms with Crippen molar-refractivity contribution in [2.75, 3.05) is 11.4 Å². The van der Waals surface area contributed by atoms with Crippen LogP contribution in [0, 0.1) is 5.92 Å². The standard InChI is InChI=1S/C14H17N3OS/c1-9-8-10(13(15)18)6-7-17(9)14-16-11-4-2-3-5-12(11)19-14/h2-5,9-10H,6-8H2,1H3,(H2,15,18). The molecule has 3 rings (SSSR count). The number of thiazole rings is 1. The number of benzene rings is 1. The van der Waals surface area contributed by atoms with Gasteiger partial charge in [-0.05, 0) is 31.9 Å². The van der Waals surface area contributed by atoms with E-state index in [2.05, 4.69) is 22.9 Å². The van der Waals surface area contributed by atoms with Crippen LogP contribution in [0.15, 0.2) is 24.3 Å². The van der Waals surface area contributed by atoms with E-state index in [-0.39, 0.29) is 11.8 Å². The minimum absolute atomic E-state index is 0.0145. The van der Waals surface area contributed by atoms with Crippen LogP contribution in [0.3, 0.4) is 0 Å². The number of nitrogens with zero attached hydrogens (tertiary/aromatic N) is 2. The molecular formula is C14H17N3OS. The van der Waals surface area contributed by atoms with Crippen LogP contribution >= 0.6 is 11.3 Å². The maximum Gasteiger partial charge on any atom is 0.220 e. The molecule has 0 radical (unpaired) electrons. The topological polar surface area (TPSA) is 59.2 Å². The SMILES string of the molecule is CC1CC(C(N)=O)CCN1c1nc2ccccc2s1. The maximum absolute atomic E-state index is 11.3. The number of primary amides is 1. The van der Waals surface area contributed by atoms with E-state index < -0.39 is 0 Å². The summed E-state index contributed by atoms with van der Waals surface area (Å²) in [7, 11) is 0. The van der Waals surface area contributed by atoms with Crippen molar-refractivity contribution >= 4 is 32.6 Å². The second kappa shape index (κ2) is 4.81. The number of anilines is 1. The quantitative estimate of drug-likeness (QED) is 0.915. The van der Waals surface area contributed by atoms with Crippen LogP contribution in [0.1, 0.15) is 19.8 Å². The molecule has 2 heterocycles. The second-order valence-electron chi connectivity index (χ2n) is 5.13. The van der Waals surface area contributed by atoms with Gasteiger partial charge in [0.15, 0.2) is 5.13 Å². The average Bonchev–Trinajstić information content (AvgIpc) is 2.81. The molecule has 100 valence electrons. The van der Waals surface area contributed by atoms with Crippen molar-refractivity contribution in [3.8, 4) is 0 Å². The zero-order valence-corrected chi connectivity index (χ0v) is 11.7. The van der Waals surface area contributed by atoms with E-state index in [0.717, 1.165) is 30.0 Å². The van der Waals surface area contributed by atoms with E-state index in [1.165, 1.54) is 4.70 Å². The number of hydrogen-bond donors (Lipinski definition) is 1. The van der Waals surface area contributed by atoms with Crippen LogP contribution in [0.25, 0.3) is 10.2 Å². The Labute approximate surface area is 116 Å². The molecule has 1 aliphatic rings. The highest BCUT2D eigenvalue weighted by molar-refractivity contribution is 7.22. The zero-order chi connectivity index (χ0) is 13.4. The molecule has 1 fully saturated rings. The minimum atomic E-state index is -0.171. The molecule has 19 heavy (non-hydrogen) atoms. The van der Waals surface area contributed by atoms with Crippen molar-refractivity contribution in [1.82, 2.24) is 4.98 Å². The fourth-order valence-electron chi connectivity index (χ4n) is 2.70. The lowest BCUT2D eigenvalue weighted by atomic mass is 9.91. The predicted octanol–water partition coefficient (Wildman–Crippen LogP) is 2.39. The summed E-state index contributed by atoms with van der Waals surface area (Å²) in [6.07, 6.45) is 1.65. The molecule has 1 saturated heterocycles. The number of amides is 1. The molecule has 1 aromatic carbocycles. The van der Waals surface area contributed by atoms with Gasteiger partial charge in [-0.15, -0.1) is 0 Å². The Hall–Kier alpha value is -1.62. The van der Waals surface area contributed by atoms with E-state index in [1.807, 2.05) is 18.2 Å². The summed E-state index contributed by atoms with van der Waals surface area (Å²) < 4.78 is 1.21. The number of para-hydroxylation sites is 1. The van der Waals surface area contributed by atoms with E-state index in [9.17, 15) is 4.79 Å². The number of carbonyl (C=O) groups excluding carboxylic acids is 1. The third-order valence-electron chi connectivity index (χ3n) is 3.81. The summed E-state index contributed by atoms with van der Waals surface area (Å²) in [5.74, 6) is -0.156. The summed E-state index contributed by atoms with van der Waals surface area (Å²) in [5, 5.41) is 1.05. The van der Waals surface area contributed by atoms with Crippen molar-refractivity contribution in [3.05, 3.63) is 24.3 Å². The van der Waals surface area contributed by atoms with Crippen molar-refractivity contribution in [2.45, 2.75) is 25.8 Å². The number of rotatable bonds is 2. The minimum Gasteiger partial charge on any atom is -0.369 e. The number of nitrogens with two attached hydrogens (primary N) is 1. The van der Waals surface area contributed by atoms with Crippen LogP contribution in [0.2, 0.25) is 0 Å². The summed E-state index contributed by atoms with van der Waals surface area (Å²) in [4.78, 5) is 18.3. The average molecular weight is 275 g/mol. The molecule has 4 nitrogen and oxygen atoms in total. The number of hydrogen-bond acceptors (Lipinski definition) is 4. The first-order chi connectivity index (χ1) is 9.15. The predicted molar refractivity (Wildman–Crippen MR) is 78.3 cm³/mol.